The second-order valence-electron chi connectivity index (χ2n) is 18.0. The van der Waals surface area contributed by atoms with Crippen LogP contribution in [0.3, 0.4) is 0 Å². The number of alkyl halides is 6. The van der Waals surface area contributed by atoms with Crippen LogP contribution in [0, 0.1) is 23.5 Å². The van der Waals surface area contributed by atoms with Crippen LogP contribution >= 0.6 is 0 Å². The monoisotopic (exact) mass is 958 g/mol. The Labute approximate surface area is 401 Å². The van der Waals surface area contributed by atoms with Gasteiger partial charge in [0.2, 0.25) is 0 Å². The molecule has 6 aromatic carbocycles. The average molecular weight is 959 g/mol. The van der Waals surface area contributed by atoms with Crippen molar-refractivity contribution in [2.24, 2.45) is 11.8 Å². The third-order valence-electron chi connectivity index (χ3n) is 12.7. The molecule has 0 aromatic heterocycles. The molecule has 3 nitrogen and oxygen atoms in total. The van der Waals surface area contributed by atoms with Crippen LogP contribution in [0.15, 0.2) is 121 Å². The minimum absolute atomic E-state index is 0.0622. The Balaban J connectivity index is 1.35. The Bertz CT molecular complexity index is 2370. The van der Waals surface area contributed by atoms with Crippen molar-refractivity contribution in [3.05, 3.63) is 177 Å². The zero-order valence-corrected chi connectivity index (χ0v) is 39.8. The maximum atomic E-state index is 15.3. The Morgan fingerprint density at radius 2 is 0.812 bits per heavy atom. The summed E-state index contributed by atoms with van der Waals surface area (Å²) in [6, 6.07) is 35.1. The molecule has 0 aliphatic heterocycles. The third-order valence-corrected chi connectivity index (χ3v) is 12.7. The van der Waals surface area contributed by atoms with Crippen LogP contribution in [0.25, 0.3) is 22.3 Å². The summed E-state index contributed by atoms with van der Waals surface area (Å²) < 4.78 is 133. The zero-order chi connectivity index (χ0) is 49.6. The number of halogens is 8. The van der Waals surface area contributed by atoms with E-state index in [0.29, 0.717) is 56.0 Å². The van der Waals surface area contributed by atoms with E-state index in [2.05, 4.69) is 13.8 Å². The molecule has 0 amide bonds. The molecular weight excluding hydrogens is 897 g/mol. The molecule has 0 spiro atoms. The predicted molar refractivity (Wildman–Crippen MR) is 259 cm³/mol. The van der Waals surface area contributed by atoms with Crippen LogP contribution in [-0.2, 0) is 48.0 Å². The van der Waals surface area contributed by atoms with Gasteiger partial charge < -0.3 is 14.2 Å². The molecule has 0 aliphatic carbocycles. The maximum Gasteiger partial charge on any atom is 0.392 e. The standard InChI is InChI=1S/C58H62F8O3/c1-5-7-9-39-15-23-51(53(59)37-39)45-19-11-41(12-20-45)31-47-33-43(35-49(27-29-67-3)57(61,62)63)17-25-55(47)69-56-26-18-44(36-50(28-30-68-4)58(64,65)66)34-48(56)32-42-13-21-46(22-14-42)52-24-16-40(10-8-6-2)38-54(52)60/h11-26,33-34,37-38,49-50H,5-10,27-32,35-36H2,1-4H3. The van der Waals surface area contributed by atoms with Gasteiger partial charge in [-0.1, -0.05) is 124 Å². The summed E-state index contributed by atoms with van der Waals surface area (Å²) >= 11 is 0. The van der Waals surface area contributed by atoms with Crippen molar-refractivity contribution in [1.29, 1.82) is 0 Å². The molecule has 368 valence electrons. The molecule has 11 heteroatoms. The Kier molecular flexibility index (Phi) is 19.0. The number of hydrogen-bond acceptors (Lipinski definition) is 3. The van der Waals surface area contributed by atoms with Gasteiger partial charge in [-0.3, -0.25) is 0 Å². The van der Waals surface area contributed by atoms with E-state index in [4.69, 9.17) is 14.2 Å². The van der Waals surface area contributed by atoms with E-state index in [-0.39, 0.29) is 63.4 Å². The first-order valence-corrected chi connectivity index (χ1v) is 23.9. The van der Waals surface area contributed by atoms with Crippen molar-refractivity contribution < 1.29 is 49.3 Å². The fourth-order valence-electron chi connectivity index (χ4n) is 8.67. The van der Waals surface area contributed by atoms with Crippen molar-refractivity contribution >= 4 is 0 Å². The molecule has 0 saturated carbocycles. The highest BCUT2D eigenvalue weighted by Gasteiger charge is 2.40. The molecule has 0 N–H and O–H groups in total. The van der Waals surface area contributed by atoms with Gasteiger partial charge in [-0.05, 0) is 131 Å². The molecule has 0 saturated heterocycles. The first-order valence-electron chi connectivity index (χ1n) is 23.9. The molecule has 0 bridgehead atoms. The summed E-state index contributed by atoms with van der Waals surface area (Å²) in [4.78, 5) is 0. The second-order valence-corrected chi connectivity index (χ2v) is 18.0. The van der Waals surface area contributed by atoms with Crippen molar-refractivity contribution in [2.75, 3.05) is 27.4 Å². The highest BCUT2D eigenvalue weighted by molar-refractivity contribution is 5.66. The normalized spacial score (nSPS) is 12.9. The summed E-state index contributed by atoms with van der Waals surface area (Å²) in [6.07, 6.45) is -3.98. The number of benzene rings is 6. The van der Waals surface area contributed by atoms with E-state index < -0.39 is 24.2 Å². The lowest BCUT2D eigenvalue weighted by Crippen LogP contribution is -2.26. The Hall–Kier alpha value is -5.52. The molecule has 6 aromatic rings. The van der Waals surface area contributed by atoms with E-state index in [1.54, 1.807) is 60.7 Å². The van der Waals surface area contributed by atoms with Gasteiger partial charge in [-0.2, -0.15) is 26.3 Å². The summed E-state index contributed by atoms with van der Waals surface area (Å²) in [5, 5.41) is 0. The lowest BCUT2D eigenvalue weighted by molar-refractivity contribution is -0.179. The van der Waals surface area contributed by atoms with E-state index in [1.165, 1.54) is 14.2 Å². The van der Waals surface area contributed by atoms with Crippen molar-refractivity contribution in [3.8, 4) is 33.8 Å². The molecule has 0 aliphatic rings. The topological polar surface area (TPSA) is 27.7 Å². The first kappa shape index (κ1) is 52.8. The zero-order valence-electron chi connectivity index (χ0n) is 39.8. The number of rotatable bonds is 24. The molecule has 0 heterocycles. The van der Waals surface area contributed by atoms with E-state index >= 15 is 8.78 Å². The van der Waals surface area contributed by atoms with Gasteiger partial charge in [-0.25, -0.2) is 8.78 Å². The fourth-order valence-corrected chi connectivity index (χ4v) is 8.67. The molecule has 0 fully saturated rings. The van der Waals surface area contributed by atoms with Crippen LogP contribution in [0.2, 0.25) is 0 Å². The molecular formula is C58H62F8O3. The van der Waals surface area contributed by atoms with Crippen LogP contribution in [-0.4, -0.2) is 39.8 Å². The van der Waals surface area contributed by atoms with Crippen molar-refractivity contribution in [2.45, 2.75) is 103 Å². The lowest BCUT2D eigenvalue weighted by Gasteiger charge is -2.22. The highest BCUT2D eigenvalue weighted by atomic mass is 19.4. The van der Waals surface area contributed by atoms with Crippen molar-refractivity contribution in [3.63, 3.8) is 0 Å². The molecule has 6 rings (SSSR count). The Morgan fingerprint density at radius 1 is 0.449 bits per heavy atom. The number of ether oxygens (including phenoxy) is 3. The van der Waals surface area contributed by atoms with Crippen LogP contribution in [0.5, 0.6) is 11.5 Å². The predicted octanol–water partition coefficient (Wildman–Crippen LogP) is 16.5. The van der Waals surface area contributed by atoms with Gasteiger partial charge in [0.05, 0.1) is 11.8 Å². The maximum absolute atomic E-state index is 15.3. The molecule has 2 unspecified atom stereocenters. The van der Waals surface area contributed by atoms with Gasteiger partial charge in [-0.15, -0.1) is 0 Å². The summed E-state index contributed by atoms with van der Waals surface area (Å²) in [5.41, 5.74) is 7.75. The first-order chi connectivity index (χ1) is 33.1. The SMILES string of the molecule is CCCCc1ccc(-c2ccc(Cc3cc(CC(CCOC)C(F)(F)F)ccc3Oc3ccc(CC(CCOC)C(F)(F)F)cc3Cc3ccc(-c4ccc(CCCC)cc4F)cc3)cc2)c(F)c1. The van der Waals surface area contributed by atoms with E-state index in [0.717, 1.165) is 60.8 Å². The number of hydrogen-bond donors (Lipinski definition) is 0. The van der Waals surface area contributed by atoms with Crippen LogP contribution in [0.1, 0.15) is 96.9 Å². The average Bonchev–Trinajstić information content (AvgIpc) is 3.31. The second kappa shape index (κ2) is 24.9. The minimum Gasteiger partial charge on any atom is -0.457 e. The molecule has 2 atom stereocenters. The van der Waals surface area contributed by atoms with Gasteiger partial charge in [0, 0.05) is 51.4 Å². The number of aryl methyl sites for hydroxylation is 2. The highest BCUT2D eigenvalue weighted by Crippen LogP contribution is 2.38. The van der Waals surface area contributed by atoms with Crippen LogP contribution < -0.4 is 4.74 Å². The van der Waals surface area contributed by atoms with E-state index in [1.807, 2.05) is 60.7 Å². The smallest absolute Gasteiger partial charge is 0.392 e. The fraction of sp³-hybridized carbons (Fsp3) is 0.379. The van der Waals surface area contributed by atoms with Gasteiger partial charge in [0.25, 0.3) is 0 Å². The number of unbranched alkanes of at least 4 members (excludes halogenated alkanes) is 2. The quantitative estimate of drug-likeness (QED) is 0.0566. The third kappa shape index (κ3) is 15.2. The van der Waals surface area contributed by atoms with Crippen LogP contribution in [0.4, 0.5) is 35.1 Å². The Morgan fingerprint density at radius 3 is 1.14 bits per heavy atom. The van der Waals surface area contributed by atoms with Gasteiger partial charge in [0.15, 0.2) is 0 Å². The minimum atomic E-state index is -4.47. The van der Waals surface area contributed by atoms with E-state index in [9.17, 15) is 26.3 Å². The molecule has 69 heavy (non-hydrogen) atoms. The lowest BCUT2D eigenvalue weighted by atomic mass is 9.92. The van der Waals surface area contributed by atoms with Gasteiger partial charge in [0.1, 0.15) is 23.1 Å². The largest absolute Gasteiger partial charge is 0.457 e. The summed E-state index contributed by atoms with van der Waals surface area (Å²) in [7, 11) is 2.72. The number of methoxy groups -OCH3 is 2. The molecule has 0 radical (unpaired) electrons. The van der Waals surface area contributed by atoms with Gasteiger partial charge >= 0.3 is 12.4 Å². The summed E-state index contributed by atoms with van der Waals surface area (Å²) in [6.45, 7) is 4.04. The summed E-state index contributed by atoms with van der Waals surface area (Å²) in [5.74, 6) is -3.25. The van der Waals surface area contributed by atoms with Crippen molar-refractivity contribution in [1.82, 2.24) is 0 Å².